The van der Waals surface area contributed by atoms with Gasteiger partial charge in [-0.15, -0.1) is 0 Å². The van der Waals surface area contributed by atoms with Crippen LogP contribution in [0.3, 0.4) is 0 Å². The van der Waals surface area contributed by atoms with E-state index in [9.17, 15) is 9.59 Å². The van der Waals surface area contributed by atoms with Crippen LogP contribution in [0.5, 0.6) is 0 Å². The van der Waals surface area contributed by atoms with E-state index in [2.05, 4.69) is 31.9 Å². The molecule has 0 aliphatic carbocycles. The predicted octanol–water partition coefficient (Wildman–Crippen LogP) is 4.42. The minimum absolute atomic E-state index is 0.0208. The van der Waals surface area contributed by atoms with Gasteiger partial charge in [0, 0.05) is 23.3 Å². The summed E-state index contributed by atoms with van der Waals surface area (Å²) in [6, 6.07) is 3.12. The maximum Gasteiger partial charge on any atom is 0.374 e. The standard InChI is InChI=1S/C14H12Br2O6/c1-3-19-13(17)11-7(5-9(15)21-11)8-6-10(16)22-12(8)14(18)20-4-2/h5-6H,3-4H2,1-2H3. The molecule has 2 aromatic heterocycles. The lowest BCUT2D eigenvalue weighted by Gasteiger charge is -2.03. The summed E-state index contributed by atoms with van der Waals surface area (Å²) in [5, 5.41) is 0. The van der Waals surface area contributed by atoms with Gasteiger partial charge in [-0.3, -0.25) is 0 Å². The van der Waals surface area contributed by atoms with Gasteiger partial charge in [0.25, 0.3) is 0 Å². The maximum absolute atomic E-state index is 12.0. The molecular weight excluding hydrogens is 424 g/mol. The van der Waals surface area contributed by atoms with Crippen molar-refractivity contribution in [2.45, 2.75) is 13.8 Å². The van der Waals surface area contributed by atoms with Crippen LogP contribution in [-0.4, -0.2) is 25.2 Å². The molecule has 0 atom stereocenters. The zero-order valence-corrected chi connectivity index (χ0v) is 14.9. The first-order valence-corrected chi connectivity index (χ1v) is 7.99. The molecule has 0 N–H and O–H groups in total. The average molecular weight is 436 g/mol. The number of furan rings is 2. The summed E-state index contributed by atoms with van der Waals surface area (Å²) in [6.07, 6.45) is 0. The van der Waals surface area contributed by atoms with Crippen LogP contribution in [0.2, 0.25) is 0 Å². The monoisotopic (exact) mass is 434 g/mol. The first-order valence-electron chi connectivity index (χ1n) is 6.41. The van der Waals surface area contributed by atoms with Gasteiger partial charge >= 0.3 is 11.9 Å². The molecular formula is C14H12Br2O6. The fraction of sp³-hybridized carbons (Fsp3) is 0.286. The van der Waals surface area contributed by atoms with E-state index in [0.717, 1.165) is 0 Å². The van der Waals surface area contributed by atoms with Gasteiger partial charge in [0.05, 0.1) is 13.2 Å². The van der Waals surface area contributed by atoms with Crippen molar-refractivity contribution in [3.8, 4) is 11.1 Å². The number of hydrogen-bond donors (Lipinski definition) is 0. The molecule has 2 heterocycles. The van der Waals surface area contributed by atoms with E-state index < -0.39 is 11.9 Å². The second kappa shape index (κ2) is 7.15. The molecule has 8 heteroatoms. The Bertz CT molecular complexity index is 640. The molecule has 118 valence electrons. The van der Waals surface area contributed by atoms with Gasteiger partial charge in [-0.2, -0.15) is 0 Å². The fourth-order valence-corrected chi connectivity index (χ4v) is 2.60. The van der Waals surface area contributed by atoms with Crippen molar-refractivity contribution < 1.29 is 27.9 Å². The molecule has 0 aromatic carbocycles. The molecule has 0 aliphatic rings. The largest absolute Gasteiger partial charge is 0.460 e. The molecule has 0 amide bonds. The molecule has 2 rings (SSSR count). The first-order chi connectivity index (χ1) is 10.5. The van der Waals surface area contributed by atoms with Crippen LogP contribution in [-0.2, 0) is 9.47 Å². The third-order valence-corrected chi connectivity index (χ3v) is 3.40. The Morgan fingerprint density at radius 3 is 1.59 bits per heavy atom. The van der Waals surface area contributed by atoms with E-state index in [0.29, 0.717) is 20.5 Å². The molecule has 2 aromatic rings. The van der Waals surface area contributed by atoms with E-state index >= 15 is 0 Å². The number of carbonyl (C=O) groups is 2. The summed E-state index contributed by atoms with van der Waals surface area (Å²) in [5.74, 6) is -1.30. The summed E-state index contributed by atoms with van der Waals surface area (Å²) in [6.45, 7) is 3.79. The van der Waals surface area contributed by atoms with Gasteiger partial charge in [-0.1, -0.05) is 0 Å². The van der Waals surface area contributed by atoms with Crippen molar-refractivity contribution in [2.75, 3.05) is 13.2 Å². The van der Waals surface area contributed by atoms with Crippen LogP contribution in [0.1, 0.15) is 35.0 Å². The molecule has 6 nitrogen and oxygen atoms in total. The number of carbonyl (C=O) groups excluding carboxylic acids is 2. The third kappa shape index (κ3) is 3.44. The highest BCUT2D eigenvalue weighted by atomic mass is 79.9. The number of hydrogen-bond acceptors (Lipinski definition) is 6. The molecule has 22 heavy (non-hydrogen) atoms. The van der Waals surface area contributed by atoms with Crippen LogP contribution in [0.4, 0.5) is 0 Å². The number of halogens is 2. The van der Waals surface area contributed by atoms with E-state index in [4.69, 9.17) is 18.3 Å². The molecule has 0 saturated carbocycles. The average Bonchev–Trinajstić information content (AvgIpc) is 3.02. The Morgan fingerprint density at radius 1 is 0.909 bits per heavy atom. The summed E-state index contributed by atoms with van der Waals surface area (Å²) in [4.78, 5) is 23.9. The van der Waals surface area contributed by atoms with Gasteiger partial charge < -0.3 is 18.3 Å². The molecule has 0 unspecified atom stereocenters. The van der Waals surface area contributed by atoms with E-state index in [-0.39, 0.29) is 24.7 Å². The van der Waals surface area contributed by atoms with E-state index in [1.807, 2.05) is 0 Å². The molecule has 0 radical (unpaired) electrons. The Hall–Kier alpha value is -1.54. The third-order valence-electron chi connectivity index (χ3n) is 2.62. The lowest BCUT2D eigenvalue weighted by Crippen LogP contribution is -2.07. The highest BCUT2D eigenvalue weighted by Crippen LogP contribution is 2.36. The molecule has 0 bridgehead atoms. The van der Waals surface area contributed by atoms with Gasteiger partial charge in [0.1, 0.15) is 0 Å². The highest BCUT2D eigenvalue weighted by Gasteiger charge is 2.27. The highest BCUT2D eigenvalue weighted by molar-refractivity contribution is 9.10. The summed E-state index contributed by atoms with van der Waals surface area (Å²) < 4.78 is 21.2. The van der Waals surface area contributed by atoms with Crippen molar-refractivity contribution >= 4 is 43.8 Å². The Balaban J connectivity index is 2.53. The minimum Gasteiger partial charge on any atom is -0.460 e. The quantitative estimate of drug-likeness (QED) is 0.647. The second-order valence-electron chi connectivity index (χ2n) is 4.03. The smallest absolute Gasteiger partial charge is 0.374 e. The molecule has 0 fully saturated rings. The van der Waals surface area contributed by atoms with Crippen molar-refractivity contribution in [1.82, 2.24) is 0 Å². The Morgan fingerprint density at radius 2 is 1.27 bits per heavy atom. The van der Waals surface area contributed by atoms with Crippen LogP contribution in [0.25, 0.3) is 11.1 Å². The predicted molar refractivity (Wildman–Crippen MR) is 83.7 cm³/mol. The lowest BCUT2D eigenvalue weighted by molar-refractivity contribution is 0.0477. The van der Waals surface area contributed by atoms with Crippen molar-refractivity contribution in [3.63, 3.8) is 0 Å². The SMILES string of the molecule is CCOC(=O)c1oc(Br)cc1-c1cc(Br)oc1C(=O)OCC. The molecule has 0 spiro atoms. The van der Waals surface area contributed by atoms with Gasteiger partial charge in [-0.25, -0.2) is 9.59 Å². The topological polar surface area (TPSA) is 78.9 Å². The van der Waals surface area contributed by atoms with Crippen molar-refractivity contribution in [3.05, 3.63) is 33.0 Å². The zero-order chi connectivity index (χ0) is 16.3. The maximum atomic E-state index is 12.0. The fourth-order valence-electron chi connectivity index (χ4n) is 1.82. The van der Waals surface area contributed by atoms with Gasteiger partial charge in [0.15, 0.2) is 9.34 Å². The van der Waals surface area contributed by atoms with Crippen LogP contribution in [0, 0.1) is 0 Å². The first kappa shape index (κ1) is 16.8. The number of ether oxygens (including phenoxy) is 2. The second-order valence-corrected chi connectivity index (χ2v) is 5.59. The van der Waals surface area contributed by atoms with Crippen molar-refractivity contribution in [2.24, 2.45) is 0 Å². The summed E-state index contributed by atoms with van der Waals surface area (Å²) in [7, 11) is 0. The van der Waals surface area contributed by atoms with Gasteiger partial charge in [-0.05, 0) is 45.7 Å². The van der Waals surface area contributed by atoms with E-state index in [1.165, 1.54) is 0 Å². The zero-order valence-electron chi connectivity index (χ0n) is 11.8. The lowest BCUT2D eigenvalue weighted by atomic mass is 10.1. The van der Waals surface area contributed by atoms with Crippen LogP contribution >= 0.6 is 31.9 Å². The number of rotatable bonds is 5. The Kier molecular flexibility index (Phi) is 5.47. The minimum atomic E-state index is -0.629. The van der Waals surface area contributed by atoms with E-state index in [1.54, 1.807) is 26.0 Å². The van der Waals surface area contributed by atoms with Crippen molar-refractivity contribution in [1.29, 1.82) is 0 Å². The molecule has 0 saturated heterocycles. The summed E-state index contributed by atoms with van der Waals surface area (Å²) in [5.41, 5.74) is 0.755. The van der Waals surface area contributed by atoms with Crippen LogP contribution in [0.15, 0.2) is 30.3 Å². The molecule has 0 aliphatic heterocycles. The number of esters is 2. The van der Waals surface area contributed by atoms with Crippen LogP contribution < -0.4 is 0 Å². The Labute approximate surface area is 143 Å². The summed E-state index contributed by atoms with van der Waals surface area (Å²) >= 11 is 6.33. The van der Waals surface area contributed by atoms with Gasteiger partial charge in [0.2, 0.25) is 11.5 Å². The normalized spacial score (nSPS) is 10.5.